The van der Waals surface area contributed by atoms with E-state index in [0.717, 1.165) is 22.4 Å². The Morgan fingerprint density at radius 3 is 2.43 bits per heavy atom. The van der Waals surface area contributed by atoms with Gasteiger partial charge in [0.25, 0.3) is 6.01 Å². The number of imidazole rings is 1. The number of rotatable bonds is 5. The molecule has 2 fully saturated rings. The van der Waals surface area contributed by atoms with Gasteiger partial charge in [-0.25, -0.2) is 9.67 Å². The molecule has 0 saturated carbocycles. The van der Waals surface area contributed by atoms with Crippen LogP contribution in [0.1, 0.15) is 6.92 Å². The van der Waals surface area contributed by atoms with E-state index in [4.69, 9.17) is 30.8 Å². The summed E-state index contributed by atoms with van der Waals surface area (Å²) in [5.74, 6) is 0.366. The Balaban J connectivity index is 1.11. The van der Waals surface area contributed by atoms with E-state index < -0.39 is 0 Å². The van der Waals surface area contributed by atoms with E-state index in [0.29, 0.717) is 47.0 Å². The summed E-state index contributed by atoms with van der Waals surface area (Å²) in [6.07, 6.45) is 3.49. The number of nitrogens with zero attached hydrogens (tertiary/aromatic N) is 4. The van der Waals surface area contributed by atoms with Crippen LogP contribution in [0.5, 0.6) is 6.01 Å². The third kappa shape index (κ3) is 4.07. The predicted molar refractivity (Wildman–Crippen MR) is 140 cm³/mol. The predicted octanol–water partition coefficient (Wildman–Crippen LogP) is 5.31. The van der Waals surface area contributed by atoms with Gasteiger partial charge < -0.3 is 19.2 Å². The Kier molecular flexibility index (Phi) is 5.46. The molecule has 0 unspecified atom stereocenters. The van der Waals surface area contributed by atoms with Crippen molar-refractivity contribution in [1.29, 1.82) is 0 Å². The van der Waals surface area contributed by atoms with Crippen LogP contribution in [0.2, 0.25) is 5.02 Å². The first-order valence-corrected chi connectivity index (χ1v) is 12.7. The molecule has 7 rings (SSSR count). The third-order valence-electron chi connectivity index (χ3n) is 7.05. The summed E-state index contributed by atoms with van der Waals surface area (Å²) in [5.41, 5.74) is 6.08. The lowest BCUT2D eigenvalue weighted by Crippen LogP contribution is -2.33. The van der Waals surface area contributed by atoms with Crippen molar-refractivity contribution in [2.45, 2.75) is 25.2 Å². The summed E-state index contributed by atoms with van der Waals surface area (Å²) in [5, 5.41) is 4.82. The Morgan fingerprint density at radius 1 is 0.946 bits per heavy atom. The molecule has 4 atom stereocenters. The maximum absolute atomic E-state index is 6.63. The van der Waals surface area contributed by atoms with E-state index in [2.05, 4.69) is 58.4 Å². The number of H-pyrrole nitrogens is 1. The minimum atomic E-state index is -0.202. The smallest absolute Gasteiger partial charge is 0.296 e. The van der Waals surface area contributed by atoms with Crippen molar-refractivity contribution >= 4 is 22.8 Å². The van der Waals surface area contributed by atoms with E-state index in [1.54, 1.807) is 6.20 Å². The second-order valence-corrected chi connectivity index (χ2v) is 9.94. The molecule has 2 aliphatic heterocycles. The molecule has 0 aliphatic carbocycles. The lowest BCUT2D eigenvalue weighted by molar-refractivity contribution is 0.0262. The van der Waals surface area contributed by atoms with Crippen LogP contribution < -0.4 is 4.74 Å². The molecule has 5 aromatic rings. The molecule has 0 spiro atoms. The lowest BCUT2D eigenvalue weighted by Gasteiger charge is -2.15. The van der Waals surface area contributed by atoms with Crippen molar-refractivity contribution in [1.82, 2.24) is 24.7 Å². The summed E-state index contributed by atoms with van der Waals surface area (Å²) in [7, 11) is 0. The van der Waals surface area contributed by atoms with E-state index >= 15 is 0 Å². The number of halogens is 1. The van der Waals surface area contributed by atoms with Crippen LogP contribution in [0.15, 0.2) is 73.1 Å². The number of benzene rings is 2. The molecule has 0 bridgehead atoms. The fourth-order valence-corrected chi connectivity index (χ4v) is 5.36. The van der Waals surface area contributed by atoms with Gasteiger partial charge in [0.05, 0.1) is 41.2 Å². The number of aromatic amines is 1. The van der Waals surface area contributed by atoms with Crippen molar-refractivity contribution in [2.75, 3.05) is 13.2 Å². The van der Waals surface area contributed by atoms with E-state index in [1.807, 2.05) is 35.1 Å². The average molecular weight is 514 g/mol. The largest absolute Gasteiger partial charge is 0.456 e. The Labute approximate surface area is 218 Å². The van der Waals surface area contributed by atoms with Gasteiger partial charge >= 0.3 is 0 Å². The number of pyridine rings is 1. The zero-order valence-corrected chi connectivity index (χ0v) is 20.8. The Hall–Kier alpha value is -3.72. The summed E-state index contributed by atoms with van der Waals surface area (Å²) >= 11 is 6.63. The van der Waals surface area contributed by atoms with Crippen LogP contribution >= 0.6 is 11.6 Å². The molecule has 2 saturated heterocycles. The van der Waals surface area contributed by atoms with Crippen LogP contribution in [0.4, 0.5) is 0 Å². The van der Waals surface area contributed by atoms with Gasteiger partial charge in [0, 0.05) is 23.9 Å². The molecule has 9 heteroatoms. The third-order valence-corrected chi connectivity index (χ3v) is 7.34. The number of hydrogen-bond donors (Lipinski definition) is 1. The van der Waals surface area contributed by atoms with Gasteiger partial charge in [-0.05, 0) is 35.4 Å². The van der Waals surface area contributed by atoms with E-state index in [9.17, 15) is 0 Å². The number of ether oxygens (including phenoxy) is 3. The first-order valence-electron chi connectivity index (χ1n) is 12.3. The van der Waals surface area contributed by atoms with Crippen molar-refractivity contribution in [3.05, 3.63) is 78.1 Å². The highest BCUT2D eigenvalue weighted by molar-refractivity contribution is 6.33. The molecule has 0 amide bonds. The van der Waals surface area contributed by atoms with Gasteiger partial charge in [-0.2, -0.15) is 10.1 Å². The highest BCUT2D eigenvalue weighted by Crippen LogP contribution is 2.34. The normalized spacial score (nSPS) is 23.0. The minimum absolute atomic E-state index is 0.0735. The lowest BCUT2D eigenvalue weighted by atomic mass is 10.0. The highest BCUT2D eigenvalue weighted by atomic mass is 35.5. The summed E-state index contributed by atoms with van der Waals surface area (Å²) in [6, 6.07) is 20.6. The Bertz CT molecular complexity index is 1550. The van der Waals surface area contributed by atoms with E-state index in [-0.39, 0.29) is 18.3 Å². The fourth-order valence-electron chi connectivity index (χ4n) is 5.10. The van der Waals surface area contributed by atoms with Gasteiger partial charge in [0.1, 0.15) is 6.10 Å². The minimum Gasteiger partial charge on any atom is -0.456 e. The van der Waals surface area contributed by atoms with Crippen molar-refractivity contribution < 1.29 is 14.2 Å². The van der Waals surface area contributed by atoms with Crippen LogP contribution in [-0.2, 0) is 9.47 Å². The molecule has 2 aromatic carbocycles. The van der Waals surface area contributed by atoms with Crippen LogP contribution in [0.25, 0.3) is 39.2 Å². The number of nitrogens with one attached hydrogen (secondary N) is 1. The maximum Gasteiger partial charge on any atom is 0.296 e. The van der Waals surface area contributed by atoms with Crippen LogP contribution in [-0.4, -0.2) is 56.3 Å². The van der Waals surface area contributed by atoms with Crippen LogP contribution in [0, 0.1) is 5.92 Å². The molecule has 3 aromatic heterocycles. The van der Waals surface area contributed by atoms with Gasteiger partial charge in [-0.1, -0.05) is 54.9 Å². The zero-order valence-electron chi connectivity index (χ0n) is 20.0. The average Bonchev–Trinajstić information content (AvgIpc) is 3.71. The van der Waals surface area contributed by atoms with Crippen molar-refractivity contribution in [3.63, 3.8) is 0 Å². The number of hydrogen-bond acceptors (Lipinski definition) is 6. The number of aromatic nitrogens is 5. The van der Waals surface area contributed by atoms with Crippen LogP contribution in [0.3, 0.4) is 0 Å². The van der Waals surface area contributed by atoms with Gasteiger partial charge in [-0.3, -0.25) is 0 Å². The second kappa shape index (κ2) is 8.99. The van der Waals surface area contributed by atoms with Gasteiger partial charge in [-0.15, -0.1) is 0 Å². The summed E-state index contributed by atoms with van der Waals surface area (Å²) in [6.45, 7) is 3.30. The van der Waals surface area contributed by atoms with Gasteiger partial charge in [0.2, 0.25) is 0 Å². The standard InChI is InChI=1S/C28H24ClN5O3/c1-16-14-35-26-23(15-36-25(16)26)37-28-31-22-13-21(29)24(32-27(22)33-28)19-5-3-17(4-6-19)18-7-9-20(10-8-18)34-12-2-11-30-34/h2-13,16,23,25-26H,14-15H2,1H3,(H,31,32,33)/t16-,23-,25-,26-/m1/s1. The zero-order chi connectivity index (χ0) is 24.9. The monoisotopic (exact) mass is 513 g/mol. The van der Waals surface area contributed by atoms with Crippen molar-refractivity contribution in [3.8, 4) is 34.1 Å². The first-order chi connectivity index (χ1) is 18.1. The molecule has 8 nitrogen and oxygen atoms in total. The molecular weight excluding hydrogens is 490 g/mol. The topological polar surface area (TPSA) is 87.1 Å². The maximum atomic E-state index is 6.63. The van der Waals surface area contributed by atoms with Crippen molar-refractivity contribution in [2.24, 2.45) is 5.92 Å². The number of fused-ring (bicyclic) bond motifs is 2. The SMILES string of the molecule is C[C@@H]1CO[C@H]2[C@@H]1OC[C@H]2Oc1nc2nc(-c3ccc(-c4ccc(-n5cccn5)cc4)cc3)c(Cl)cc2[nH]1. The highest BCUT2D eigenvalue weighted by Gasteiger charge is 2.47. The molecule has 37 heavy (non-hydrogen) atoms. The molecule has 1 N–H and O–H groups in total. The summed E-state index contributed by atoms with van der Waals surface area (Å²) < 4.78 is 19.7. The fraction of sp³-hybridized carbons (Fsp3) is 0.250. The first kappa shape index (κ1) is 22.5. The molecule has 0 radical (unpaired) electrons. The molecule has 186 valence electrons. The second-order valence-electron chi connectivity index (χ2n) is 9.54. The molecule has 2 aliphatic rings. The summed E-state index contributed by atoms with van der Waals surface area (Å²) in [4.78, 5) is 12.5. The van der Waals surface area contributed by atoms with E-state index in [1.165, 1.54) is 0 Å². The quantitative estimate of drug-likeness (QED) is 0.342. The molecule has 5 heterocycles. The van der Waals surface area contributed by atoms with Gasteiger partial charge in [0.15, 0.2) is 11.8 Å². The Morgan fingerprint density at radius 2 is 1.68 bits per heavy atom. The molecular formula is C28H24ClN5O3.